The van der Waals surface area contributed by atoms with Gasteiger partial charge in [0.05, 0.1) is 0 Å². The summed E-state index contributed by atoms with van der Waals surface area (Å²) in [5, 5.41) is 22.9. The molecule has 0 aliphatic carbocycles. The van der Waals surface area contributed by atoms with Crippen LogP contribution in [0.15, 0.2) is 24.3 Å². The Morgan fingerprint density at radius 1 is 0.833 bits per heavy atom. The first-order chi connectivity index (χ1) is 5.52. The molecule has 0 unspecified atom stereocenters. The molecule has 0 bridgehead atoms. The van der Waals surface area contributed by atoms with Crippen LogP contribution in [0.3, 0.4) is 0 Å². The molecule has 1 aromatic carbocycles. The molecule has 1 rings (SSSR count). The molecule has 0 saturated carbocycles. The van der Waals surface area contributed by atoms with Gasteiger partial charge in [-0.25, -0.2) is 0 Å². The second-order valence-corrected chi connectivity index (χ2v) is 2.66. The van der Waals surface area contributed by atoms with Crippen molar-refractivity contribution in [1.29, 1.82) is 0 Å². The van der Waals surface area contributed by atoms with Crippen molar-refractivity contribution in [2.75, 3.05) is 0 Å². The smallest absolute Gasteiger partial charge is 0.402 e. The Bertz CT molecular complexity index is 191. The number of halogens is 2. The molecule has 3 N–H and O–H groups in total. The maximum absolute atomic E-state index is 7.17. The Morgan fingerprint density at radius 2 is 1.00 bits per heavy atom. The van der Waals surface area contributed by atoms with Crippen molar-refractivity contribution >= 4 is 30.5 Å². The van der Waals surface area contributed by atoms with E-state index < -0.39 is 7.32 Å². The Morgan fingerprint density at radius 3 is 1.17 bits per heavy atom. The molecular formula is C6H7BCl2O3. The highest BCUT2D eigenvalue weighted by Gasteiger charge is 1.92. The number of benzene rings is 1. The topological polar surface area (TPSA) is 60.7 Å². The van der Waals surface area contributed by atoms with Gasteiger partial charge in [0.15, 0.2) is 0 Å². The third kappa shape index (κ3) is 7.85. The first-order valence-corrected chi connectivity index (χ1v) is 3.73. The minimum absolute atomic E-state index is 0.717. The van der Waals surface area contributed by atoms with Gasteiger partial charge in [0.25, 0.3) is 0 Å². The van der Waals surface area contributed by atoms with Gasteiger partial charge in [0.2, 0.25) is 0 Å². The molecule has 1 aromatic rings. The minimum atomic E-state index is -2.17. The molecule has 0 aromatic heterocycles. The van der Waals surface area contributed by atoms with Crippen LogP contribution in [-0.4, -0.2) is 22.4 Å². The third-order valence-corrected chi connectivity index (χ3v) is 1.31. The van der Waals surface area contributed by atoms with Gasteiger partial charge in [-0.1, -0.05) is 23.2 Å². The summed E-state index contributed by atoms with van der Waals surface area (Å²) in [6, 6.07) is 7.02. The van der Waals surface area contributed by atoms with Gasteiger partial charge < -0.3 is 15.1 Å². The number of rotatable bonds is 0. The van der Waals surface area contributed by atoms with Crippen molar-refractivity contribution in [2.24, 2.45) is 0 Å². The van der Waals surface area contributed by atoms with E-state index in [1.807, 2.05) is 0 Å². The van der Waals surface area contributed by atoms with Crippen LogP contribution in [0.1, 0.15) is 0 Å². The van der Waals surface area contributed by atoms with E-state index in [1.165, 1.54) is 0 Å². The molecule has 6 heteroatoms. The molecule has 12 heavy (non-hydrogen) atoms. The fourth-order valence-electron chi connectivity index (χ4n) is 0.430. The predicted octanol–water partition coefficient (Wildman–Crippen LogP) is 0.942. The first-order valence-electron chi connectivity index (χ1n) is 2.97. The van der Waals surface area contributed by atoms with E-state index in [-0.39, 0.29) is 0 Å². The van der Waals surface area contributed by atoms with Crippen LogP contribution < -0.4 is 0 Å². The first kappa shape index (κ1) is 11.7. The van der Waals surface area contributed by atoms with Gasteiger partial charge in [-0.15, -0.1) is 0 Å². The second-order valence-electron chi connectivity index (χ2n) is 1.78. The molecule has 0 amide bonds. The lowest BCUT2D eigenvalue weighted by atomic mass is 10.3. The Hall–Kier alpha value is -0.255. The highest BCUT2D eigenvalue weighted by Crippen LogP contribution is 2.12. The summed E-state index contributed by atoms with van der Waals surface area (Å²) in [6.07, 6.45) is 0. The predicted molar refractivity (Wildman–Crippen MR) is 48.9 cm³/mol. The van der Waals surface area contributed by atoms with Crippen molar-refractivity contribution in [3.05, 3.63) is 34.3 Å². The van der Waals surface area contributed by atoms with E-state index in [9.17, 15) is 0 Å². The van der Waals surface area contributed by atoms with Crippen molar-refractivity contribution in [3.63, 3.8) is 0 Å². The lowest BCUT2D eigenvalue weighted by Crippen LogP contribution is -2.07. The molecule has 3 nitrogen and oxygen atoms in total. The van der Waals surface area contributed by atoms with Crippen molar-refractivity contribution in [2.45, 2.75) is 0 Å². The zero-order chi connectivity index (χ0) is 9.56. The molecule has 0 atom stereocenters. The molecule has 0 radical (unpaired) electrons. The minimum Gasteiger partial charge on any atom is -0.402 e. The highest BCUT2D eigenvalue weighted by molar-refractivity contribution is 6.32. The summed E-state index contributed by atoms with van der Waals surface area (Å²) in [4.78, 5) is 0. The lowest BCUT2D eigenvalue weighted by molar-refractivity contribution is 0.278. The zero-order valence-corrected chi connectivity index (χ0v) is 7.50. The summed E-state index contributed by atoms with van der Waals surface area (Å²) in [6.45, 7) is 0. The summed E-state index contributed by atoms with van der Waals surface area (Å²) >= 11 is 11.1. The van der Waals surface area contributed by atoms with Gasteiger partial charge >= 0.3 is 7.32 Å². The SMILES string of the molecule is Clc1ccc(Cl)cc1.OB(O)O. The van der Waals surface area contributed by atoms with Gasteiger partial charge in [0.1, 0.15) is 0 Å². The molecular weight excluding hydrogens is 202 g/mol. The quantitative estimate of drug-likeness (QED) is 0.557. The van der Waals surface area contributed by atoms with E-state index in [2.05, 4.69) is 0 Å². The van der Waals surface area contributed by atoms with Gasteiger partial charge in [-0.3, -0.25) is 0 Å². The third-order valence-electron chi connectivity index (χ3n) is 0.804. The maximum atomic E-state index is 7.17. The van der Waals surface area contributed by atoms with Crippen LogP contribution in [-0.2, 0) is 0 Å². The summed E-state index contributed by atoms with van der Waals surface area (Å²) in [5.41, 5.74) is 0. The summed E-state index contributed by atoms with van der Waals surface area (Å²) in [5.74, 6) is 0. The fourth-order valence-corrected chi connectivity index (χ4v) is 0.682. The molecule has 0 heterocycles. The van der Waals surface area contributed by atoms with Crippen molar-refractivity contribution in [3.8, 4) is 0 Å². The molecule has 0 aliphatic heterocycles. The van der Waals surface area contributed by atoms with Crippen LogP contribution in [0.2, 0.25) is 10.0 Å². The Kier molecular flexibility index (Phi) is 6.15. The van der Waals surface area contributed by atoms with Crippen LogP contribution in [0.4, 0.5) is 0 Å². The lowest BCUT2D eigenvalue weighted by Gasteiger charge is -1.86. The average Bonchev–Trinajstić information content (AvgIpc) is 1.94. The van der Waals surface area contributed by atoms with Crippen LogP contribution in [0.25, 0.3) is 0 Å². The maximum Gasteiger partial charge on any atom is 0.631 e. The van der Waals surface area contributed by atoms with Crippen LogP contribution in [0.5, 0.6) is 0 Å². The molecule has 0 saturated heterocycles. The Labute approximate surface area is 80.4 Å². The van der Waals surface area contributed by atoms with Gasteiger partial charge in [0, 0.05) is 10.0 Å². The average molecular weight is 209 g/mol. The van der Waals surface area contributed by atoms with E-state index >= 15 is 0 Å². The standard InChI is InChI=1S/C6H4Cl2.BH3O3/c7-5-1-2-6(8)4-3-5;2-1(3)4/h1-4H;2-4H. The summed E-state index contributed by atoms with van der Waals surface area (Å²) < 4.78 is 0. The fraction of sp³-hybridized carbons (Fsp3) is 0. The zero-order valence-electron chi connectivity index (χ0n) is 5.98. The Balaban J connectivity index is 0.000000261. The number of hydrogen-bond donors (Lipinski definition) is 3. The van der Waals surface area contributed by atoms with E-state index in [0.717, 1.165) is 10.0 Å². The second kappa shape index (κ2) is 6.28. The normalized spacial score (nSPS) is 8.42. The van der Waals surface area contributed by atoms with Gasteiger partial charge in [-0.2, -0.15) is 0 Å². The highest BCUT2D eigenvalue weighted by atomic mass is 35.5. The van der Waals surface area contributed by atoms with E-state index in [1.54, 1.807) is 24.3 Å². The molecule has 0 fully saturated rings. The number of hydrogen-bond acceptors (Lipinski definition) is 3. The summed E-state index contributed by atoms with van der Waals surface area (Å²) in [7, 11) is -2.17. The van der Waals surface area contributed by atoms with Gasteiger partial charge in [-0.05, 0) is 24.3 Å². The molecule has 0 spiro atoms. The molecule has 66 valence electrons. The monoisotopic (exact) mass is 208 g/mol. The van der Waals surface area contributed by atoms with Crippen LogP contribution in [0, 0.1) is 0 Å². The molecule has 0 aliphatic rings. The van der Waals surface area contributed by atoms with E-state index in [0.29, 0.717) is 0 Å². The van der Waals surface area contributed by atoms with E-state index in [4.69, 9.17) is 38.3 Å². The largest absolute Gasteiger partial charge is 0.631 e. The van der Waals surface area contributed by atoms with Crippen molar-refractivity contribution < 1.29 is 15.1 Å². The van der Waals surface area contributed by atoms with Crippen molar-refractivity contribution in [1.82, 2.24) is 0 Å². The van der Waals surface area contributed by atoms with Crippen LogP contribution >= 0.6 is 23.2 Å².